The minimum absolute atomic E-state index is 0.0515. The number of aromatic carboxylic acids is 1. The number of fused-ring (bicyclic) bond motifs is 1. The maximum atomic E-state index is 13.5. The molecule has 0 aliphatic heterocycles. The van der Waals surface area contributed by atoms with Crippen molar-refractivity contribution in [1.29, 1.82) is 0 Å². The van der Waals surface area contributed by atoms with Crippen LogP contribution in [-0.4, -0.2) is 43.0 Å². The van der Waals surface area contributed by atoms with Crippen LogP contribution in [0.15, 0.2) is 53.1 Å². The molecule has 9 heteroatoms. The highest BCUT2D eigenvalue weighted by atomic mass is 16.4. The molecule has 9 nitrogen and oxygen atoms in total. The molecule has 1 fully saturated rings. The highest BCUT2D eigenvalue weighted by Gasteiger charge is 2.34. The number of carboxylic acid groups (broad SMARTS) is 1. The molecule has 1 saturated carbocycles. The van der Waals surface area contributed by atoms with Crippen molar-refractivity contribution in [1.82, 2.24) is 20.0 Å². The Hall–Kier alpha value is -4.01. The zero-order chi connectivity index (χ0) is 25.4. The first-order chi connectivity index (χ1) is 17.3. The number of aromatic nitrogens is 4. The second-order valence-electron chi connectivity index (χ2n) is 9.80. The number of benzene rings is 1. The molecule has 1 aliphatic rings. The predicted octanol–water partition coefficient (Wildman–Crippen LogP) is 5.34. The van der Waals surface area contributed by atoms with Crippen LogP contribution in [0.2, 0.25) is 0 Å². The van der Waals surface area contributed by atoms with Crippen LogP contribution in [-0.2, 0) is 4.79 Å². The topological polar surface area (TPSA) is 114 Å². The fourth-order valence-electron chi connectivity index (χ4n) is 4.81. The first kappa shape index (κ1) is 23.7. The van der Waals surface area contributed by atoms with Crippen LogP contribution in [0, 0.1) is 11.8 Å². The van der Waals surface area contributed by atoms with E-state index in [0.717, 1.165) is 36.7 Å². The number of furan rings is 1. The minimum Gasteiger partial charge on any atom is -0.477 e. The van der Waals surface area contributed by atoms with E-state index >= 15 is 0 Å². The van der Waals surface area contributed by atoms with E-state index < -0.39 is 5.97 Å². The summed E-state index contributed by atoms with van der Waals surface area (Å²) >= 11 is 0. The van der Waals surface area contributed by atoms with Gasteiger partial charge in [0.25, 0.3) is 0 Å². The fourth-order valence-corrected chi connectivity index (χ4v) is 4.81. The van der Waals surface area contributed by atoms with Gasteiger partial charge in [0.15, 0.2) is 17.4 Å². The summed E-state index contributed by atoms with van der Waals surface area (Å²) in [6.45, 7) is 5.94. The molecule has 0 unspecified atom stereocenters. The number of hydrogen-bond donors (Lipinski definition) is 1. The van der Waals surface area contributed by atoms with Gasteiger partial charge in [-0.25, -0.2) is 9.48 Å². The lowest BCUT2D eigenvalue weighted by atomic mass is 9.82. The molecule has 5 rings (SSSR count). The molecular weight excluding hydrogens is 458 g/mol. The van der Waals surface area contributed by atoms with Crippen LogP contribution >= 0.6 is 0 Å². The summed E-state index contributed by atoms with van der Waals surface area (Å²) in [5.74, 6) is 0.307. The quantitative estimate of drug-likeness (QED) is 0.390. The Balaban J connectivity index is 1.46. The molecular formula is C27H29N5O4. The van der Waals surface area contributed by atoms with Crippen LogP contribution < -0.4 is 4.90 Å². The molecule has 1 N–H and O–H groups in total. The number of nitrogens with zero attached hydrogens (tertiary/aromatic N) is 5. The lowest BCUT2D eigenvalue weighted by Crippen LogP contribution is -2.43. The number of rotatable bonds is 6. The van der Waals surface area contributed by atoms with Gasteiger partial charge in [-0.2, -0.15) is 0 Å². The number of carbonyl (C=O) groups excluding carboxylic acids is 1. The van der Waals surface area contributed by atoms with Gasteiger partial charge in [0.05, 0.1) is 0 Å². The van der Waals surface area contributed by atoms with Crippen molar-refractivity contribution in [2.24, 2.45) is 11.8 Å². The normalized spacial score (nSPS) is 18.0. The molecule has 1 amide bonds. The molecule has 1 aromatic carbocycles. The van der Waals surface area contributed by atoms with E-state index in [4.69, 9.17) is 4.42 Å². The van der Waals surface area contributed by atoms with Crippen molar-refractivity contribution in [3.8, 4) is 17.3 Å². The average molecular weight is 488 g/mol. The lowest BCUT2D eigenvalue weighted by molar-refractivity contribution is -0.124. The second kappa shape index (κ2) is 9.56. The van der Waals surface area contributed by atoms with Crippen molar-refractivity contribution in [3.63, 3.8) is 0 Å². The third kappa shape index (κ3) is 4.48. The number of carbonyl (C=O) groups is 2. The van der Waals surface area contributed by atoms with Gasteiger partial charge in [-0.05, 0) is 69.7 Å². The van der Waals surface area contributed by atoms with E-state index in [0.29, 0.717) is 23.2 Å². The first-order valence-electron chi connectivity index (χ1n) is 12.3. The molecule has 186 valence electrons. The predicted molar refractivity (Wildman–Crippen MR) is 135 cm³/mol. The highest BCUT2D eigenvalue weighted by molar-refractivity contribution is 6.01. The van der Waals surface area contributed by atoms with Gasteiger partial charge in [0, 0.05) is 23.5 Å². The van der Waals surface area contributed by atoms with Gasteiger partial charge in [0.2, 0.25) is 5.91 Å². The van der Waals surface area contributed by atoms with Gasteiger partial charge in [-0.3, -0.25) is 9.69 Å². The summed E-state index contributed by atoms with van der Waals surface area (Å²) in [6.07, 6.45) is 4.99. The third-order valence-corrected chi connectivity index (χ3v) is 6.84. The molecule has 3 heterocycles. The van der Waals surface area contributed by atoms with Gasteiger partial charge >= 0.3 is 5.97 Å². The van der Waals surface area contributed by atoms with Crippen LogP contribution in [0.25, 0.3) is 28.2 Å². The van der Waals surface area contributed by atoms with E-state index in [9.17, 15) is 14.7 Å². The van der Waals surface area contributed by atoms with Crippen molar-refractivity contribution in [2.75, 3.05) is 4.90 Å². The monoisotopic (exact) mass is 487 g/mol. The Kier molecular flexibility index (Phi) is 6.30. The molecule has 0 spiro atoms. The Morgan fingerprint density at radius 1 is 1.08 bits per heavy atom. The van der Waals surface area contributed by atoms with E-state index in [1.54, 1.807) is 12.1 Å². The SMILES string of the molecule is CC(C)N(c1nn(-c2ccc(-c3cc4ccccc4o3)nn2)cc1C(=O)O)C(=O)[C@H]1CC[C@H](C)CC1. The Bertz CT molecular complexity index is 1360. The van der Waals surface area contributed by atoms with Crippen molar-refractivity contribution in [2.45, 2.75) is 52.5 Å². The van der Waals surface area contributed by atoms with Crippen molar-refractivity contribution in [3.05, 3.63) is 54.2 Å². The standard InChI is InChI=1S/C27H29N5O4/c1-16(2)32(26(33)18-10-8-17(3)9-11-18)25-20(27(34)35)15-31(30-25)24-13-12-21(28-29-24)23-14-19-6-4-5-7-22(19)36-23/h4-7,12-18H,8-11H2,1-3H3,(H,34,35)/t17-,18-. The molecule has 4 aromatic rings. The fraction of sp³-hybridized carbons (Fsp3) is 0.370. The van der Waals surface area contributed by atoms with Crippen molar-refractivity contribution >= 4 is 28.7 Å². The van der Waals surface area contributed by atoms with Gasteiger partial charge in [0.1, 0.15) is 16.8 Å². The number of hydrogen-bond acceptors (Lipinski definition) is 6. The van der Waals surface area contributed by atoms with Crippen LogP contribution in [0.5, 0.6) is 0 Å². The van der Waals surface area contributed by atoms with Crippen LogP contribution in [0.4, 0.5) is 5.82 Å². The maximum absolute atomic E-state index is 13.5. The molecule has 36 heavy (non-hydrogen) atoms. The maximum Gasteiger partial charge on any atom is 0.341 e. The molecule has 0 bridgehead atoms. The molecule has 0 atom stereocenters. The van der Waals surface area contributed by atoms with Gasteiger partial charge < -0.3 is 9.52 Å². The number of anilines is 1. The summed E-state index contributed by atoms with van der Waals surface area (Å²) < 4.78 is 7.22. The van der Waals surface area contributed by atoms with Crippen molar-refractivity contribution < 1.29 is 19.1 Å². The second-order valence-corrected chi connectivity index (χ2v) is 9.80. The minimum atomic E-state index is -1.15. The Labute approximate surface area is 208 Å². The third-order valence-electron chi connectivity index (χ3n) is 6.84. The number of carboxylic acids is 1. The summed E-state index contributed by atoms with van der Waals surface area (Å²) in [5, 5.41) is 23.9. The zero-order valence-electron chi connectivity index (χ0n) is 20.6. The van der Waals surface area contributed by atoms with E-state index in [1.165, 1.54) is 15.8 Å². The zero-order valence-corrected chi connectivity index (χ0v) is 20.6. The smallest absolute Gasteiger partial charge is 0.341 e. The van der Waals surface area contributed by atoms with Gasteiger partial charge in [-0.1, -0.05) is 25.1 Å². The number of para-hydroxylation sites is 1. The summed E-state index contributed by atoms with van der Waals surface area (Å²) in [4.78, 5) is 27.1. The lowest BCUT2D eigenvalue weighted by Gasteiger charge is -2.32. The van der Waals surface area contributed by atoms with E-state index in [2.05, 4.69) is 22.2 Å². The molecule has 3 aromatic heterocycles. The number of amides is 1. The molecule has 0 saturated heterocycles. The van der Waals surface area contributed by atoms with Crippen LogP contribution in [0.3, 0.4) is 0 Å². The summed E-state index contributed by atoms with van der Waals surface area (Å²) in [6, 6.07) is 12.8. The van der Waals surface area contributed by atoms with Gasteiger partial charge in [-0.15, -0.1) is 15.3 Å². The molecule has 1 aliphatic carbocycles. The molecule has 0 radical (unpaired) electrons. The largest absolute Gasteiger partial charge is 0.477 e. The van der Waals surface area contributed by atoms with E-state index in [-0.39, 0.29) is 29.2 Å². The highest BCUT2D eigenvalue weighted by Crippen LogP contribution is 2.33. The Morgan fingerprint density at radius 3 is 2.47 bits per heavy atom. The van der Waals surface area contributed by atoms with Crippen LogP contribution in [0.1, 0.15) is 56.8 Å². The van der Waals surface area contributed by atoms with E-state index in [1.807, 2.05) is 44.2 Å². The average Bonchev–Trinajstić information content (AvgIpc) is 3.49. The summed E-state index contributed by atoms with van der Waals surface area (Å²) in [7, 11) is 0. The summed E-state index contributed by atoms with van der Waals surface area (Å²) in [5.41, 5.74) is 1.25. The first-order valence-corrected chi connectivity index (χ1v) is 12.3. The Morgan fingerprint density at radius 2 is 1.83 bits per heavy atom.